The number of amidine groups is 1. The molecule has 0 aliphatic carbocycles. The predicted molar refractivity (Wildman–Crippen MR) is 70.7 cm³/mol. The zero-order valence-electron chi connectivity index (χ0n) is 10.7. The molecule has 0 fully saturated rings. The molecule has 4 heteroatoms. The number of benzene rings is 1. The molecule has 0 radical (unpaired) electrons. The maximum absolute atomic E-state index is 11.2. The third kappa shape index (κ3) is 2.70. The third-order valence-electron chi connectivity index (χ3n) is 3.00. The predicted octanol–water partition coefficient (Wildman–Crippen LogP) is 2.04. The second-order valence-corrected chi connectivity index (χ2v) is 4.99. The van der Waals surface area contributed by atoms with Crippen molar-refractivity contribution >= 4 is 11.8 Å². The molecule has 0 saturated heterocycles. The van der Waals surface area contributed by atoms with E-state index in [0.717, 1.165) is 11.1 Å². The van der Waals surface area contributed by atoms with Gasteiger partial charge in [0.15, 0.2) is 0 Å². The maximum Gasteiger partial charge on any atom is 0.326 e. The van der Waals surface area contributed by atoms with E-state index in [1.165, 1.54) is 0 Å². The first-order chi connectivity index (χ1) is 8.58. The lowest BCUT2D eigenvalue weighted by Crippen LogP contribution is -2.41. The van der Waals surface area contributed by atoms with Gasteiger partial charge in [-0.3, -0.25) is 4.99 Å². The summed E-state index contributed by atoms with van der Waals surface area (Å²) in [6, 6.07) is 7.34. The van der Waals surface area contributed by atoms with Gasteiger partial charge in [0.25, 0.3) is 0 Å². The zero-order chi connectivity index (χ0) is 13.1. The standard InChI is InChI=1S/C14H18N2O2/c1-9(2)7-12(14(17)18)16-13-11-6-4-3-5-10(11)8-15-13/h3-6,9,12H,7-8H2,1-2H3,(H,15,16)(H,17,18). The number of fused-ring (bicyclic) bond motifs is 1. The van der Waals surface area contributed by atoms with Gasteiger partial charge in [0.1, 0.15) is 11.9 Å². The Morgan fingerprint density at radius 1 is 1.44 bits per heavy atom. The number of carbonyl (C=O) groups is 1. The molecule has 0 bridgehead atoms. The van der Waals surface area contributed by atoms with Gasteiger partial charge in [-0.2, -0.15) is 0 Å². The number of nitrogens with zero attached hydrogens (tertiary/aromatic N) is 1. The summed E-state index contributed by atoms with van der Waals surface area (Å²) >= 11 is 0. The highest BCUT2D eigenvalue weighted by molar-refractivity contribution is 6.03. The molecular formula is C14H18N2O2. The summed E-state index contributed by atoms with van der Waals surface area (Å²) in [6.07, 6.45) is 0.594. The van der Waals surface area contributed by atoms with E-state index < -0.39 is 12.0 Å². The van der Waals surface area contributed by atoms with Crippen LogP contribution in [0.15, 0.2) is 29.3 Å². The number of carboxylic acids is 1. The smallest absolute Gasteiger partial charge is 0.326 e. The van der Waals surface area contributed by atoms with E-state index in [2.05, 4.69) is 10.3 Å². The minimum Gasteiger partial charge on any atom is -0.480 e. The number of rotatable bonds is 4. The van der Waals surface area contributed by atoms with Crippen LogP contribution in [0.25, 0.3) is 0 Å². The van der Waals surface area contributed by atoms with Crippen molar-refractivity contribution in [1.29, 1.82) is 0 Å². The highest BCUT2D eigenvalue weighted by Gasteiger charge is 2.23. The lowest BCUT2D eigenvalue weighted by molar-refractivity contribution is -0.139. The molecule has 2 rings (SSSR count). The summed E-state index contributed by atoms with van der Waals surface area (Å²) in [5.41, 5.74) is 2.17. The molecule has 1 heterocycles. The maximum atomic E-state index is 11.2. The largest absolute Gasteiger partial charge is 0.480 e. The van der Waals surface area contributed by atoms with Gasteiger partial charge >= 0.3 is 5.97 Å². The van der Waals surface area contributed by atoms with Crippen molar-refractivity contribution < 1.29 is 9.90 Å². The molecule has 4 nitrogen and oxygen atoms in total. The molecule has 0 aromatic heterocycles. The molecule has 96 valence electrons. The fourth-order valence-electron chi connectivity index (χ4n) is 2.12. The normalized spacial score (nSPS) is 15.2. The Hall–Kier alpha value is -1.84. The highest BCUT2D eigenvalue weighted by atomic mass is 16.4. The van der Waals surface area contributed by atoms with Crippen molar-refractivity contribution in [1.82, 2.24) is 5.32 Å². The molecule has 2 N–H and O–H groups in total. The van der Waals surface area contributed by atoms with E-state index >= 15 is 0 Å². The fourth-order valence-corrected chi connectivity index (χ4v) is 2.12. The lowest BCUT2D eigenvalue weighted by Gasteiger charge is -2.17. The Labute approximate surface area is 107 Å². The van der Waals surface area contributed by atoms with Crippen molar-refractivity contribution in [3.63, 3.8) is 0 Å². The van der Waals surface area contributed by atoms with Crippen molar-refractivity contribution in [2.24, 2.45) is 10.9 Å². The number of carboxylic acid groups (broad SMARTS) is 1. The van der Waals surface area contributed by atoms with Crippen LogP contribution in [-0.2, 0) is 11.3 Å². The zero-order valence-corrected chi connectivity index (χ0v) is 10.7. The molecular weight excluding hydrogens is 228 g/mol. The van der Waals surface area contributed by atoms with E-state index in [4.69, 9.17) is 0 Å². The van der Waals surface area contributed by atoms with Gasteiger partial charge in [0.05, 0.1) is 6.54 Å². The minimum absolute atomic E-state index is 0.329. The quantitative estimate of drug-likeness (QED) is 0.854. The van der Waals surface area contributed by atoms with Crippen LogP contribution in [0.1, 0.15) is 31.4 Å². The molecule has 1 unspecified atom stereocenters. The molecule has 1 aromatic carbocycles. The SMILES string of the molecule is CC(C)CC(NC1=NCc2ccccc21)C(=O)O. The highest BCUT2D eigenvalue weighted by Crippen LogP contribution is 2.18. The van der Waals surface area contributed by atoms with Gasteiger partial charge in [0.2, 0.25) is 0 Å². The Bertz CT molecular complexity index is 480. The van der Waals surface area contributed by atoms with Crippen LogP contribution >= 0.6 is 0 Å². The van der Waals surface area contributed by atoms with Crippen molar-refractivity contribution in [3.05, 3.63) is 35.4 Å². The second kappa shape index (κ2) is 5.21. The molecule has 1 atom stereocenters. The van der Waals surface area contributed by atoms with Crippen LogP contribution in [0, 0.1) is 5.92 Å². The number of hydrogen-bond acceptors (Lipinski definition) is 3. The Morgan fingerprint density at radius 3 is 2.83 bits per heavy atom. The Kier molecular flexibility index (Phi) is 3.65. The summed E-state index contributed by atoms with van der Waals surface area (Å²) in [7, 11) is 0. The van der Waals surface area contributed by atoms with Gasteiger partial charge in [-0.1, -0.05) is 38.1 Å². The molecule has 1 aliphatic rings. The van der Waals surface area contributed by atoms with Crippen LogP contribution < -0.4 is 5.32 Å². The minimum atomic E-state index is -0.823. The summed E-state index contributed by atoms with van der Waals surface area (Å²) in [5, 5.41) is 12.3. The van der Waals surface area contributed by atoms with Crippen molar-refractivity contribution in [2.75, 3.05) is 0 Å². The Morgan fingerprint density at radius 2 is 2.17 bits per heavy atom. The molecule has 0 amide bonds. The van der Waals surface area contributed by atoms with Crippen molar-refractivity contribution in [2.45, 2.75) is 32.9 Å². The molecule has 0 saturated carbocycles. The van der Waals surface area contributed by atoms with Gasteiger partial charge < -0.3 is 10.4 Å². The van der Waals surface area contributed by atoms with E-state index in [1.54, 1.807) is 0 Å². The van der Waals surface area contributed by atoms with Gasteiger partial charge in [-0.15, -0.1) is 0 Å². The van der Waals surface area contributed by atoms with Crippen LogP contribution in [0.3, 0.4) is 0 Å². The van der Waals surface area contributed by atoms with E-state index in [0.29, 0.717) is 24.7 Å². The summed E-state index contributed by atoms with van der Waals surface area (Å²) in [6.45, 7) is 4.66. The number of aliphatic carboxylic acids is 1. The summed E-state index contributed by atoms with van der Waals surface area (Å²) in [4.78, 5) is 15.6. The van der Waals surface area contributed by atoms with Crippen molar-refractivity contribution in [3.8, 4) is 0 Å². The monoisotopic (exact) mass is 246 g/mol. The number of aliphatic imine (C=N–C) groups is 1. The lowest BCUT2D eigenvalue weighted by atomic mass is 10.0. The first-order valence-electron chi connectivity index (χ1n) is 6.20. The summed E-state index contributed by atoms with van der Waals surface area (Å²) < 4.78 is 0. The fraction of sp³-hybridized carbons (Fsp3) is 0.429. The average Bonchev–Trinajstić information content (AvgIpc) is 2.71. The molecule has 0 spiro atoms. The van der Waals surface area contributed by atoms with Crippen LogP contribution in [0.4, 0.5) is 0 Å². The third-order valence-corrected chi connectivity index (χ3v) is 3.00. The van der Waals surface area contributed by atoms with Crippen LogP contribution in [0.2, 0.25) is 0 Å². The molecule has 1 aromatic rings. The summed E-state index contributed by atoms with van der Waals surface area (Å²) in [5.74, 6) is 0.213. The number of hydrogen-bond donors (Lipinski definition) is 2. The van der Waals surface area contributed by atoms with Crippen LogP contribution in [0.5, 0.6) is 0 Å². The topological polar surface area (TPSA) is 61.7 Å². The van der Waals surface area contributed by atoms with Gasteiger partial charge in [0, 0.05) is 5.56 Å². The van der Waals surface area contributed by atoms with E-state index in [-0.39, 0.29) is 0 Å². The number of nitrogens with one attached hydrogen (secondary N) is 1. The molecule has 18 heavy (non-hydrogen) atoms. The van der Waals surface area contributed by atoms with E-state index in [1.807, 2.05) is 38.1 Å². The molecule has 1 aliphatic heterocycles. The average molecular weight is 246 g/mol. The van der Waals surface area contributed by atoms with Crippen LogP contribution in [-0.4, -0.2) is 23.0 Å². The first-order valence-corrected chi connectivity index (χ1v) is 6.20. The second-order valence-electron chi connectivity index (χ2n) is 4.99. The van der Waals surface area contributed by atoms with Gasteiger partial charge in [-0.05, 0) is 17.9 Å². The van der Waals surface area contributed by atoms with Gasteiger partial charge in [-0.25, -0.2) is 4.79 Å². The van der Waals surface area contributed by atoms with E-state index in [9.17, 15) is 9.90 Å². The Balaban J connectivity index is 2.12. The first kappa shape index (κ1) is 12.6.